The highest BCUT2D eigenvalue weighted by atomic mass is 19.4. The number of hydrogen-bond acceptors (Lipinski definition) is 3. The fourth-order valence-electron chi connectivity index (χ4n) is 1.71. The number of ether oxygens (including phenoxy) is 1. The number of hydrogen-bond donors (Lipinski definition) is 1. The molecule has 3 nitrogen and oxygen atoms in total. The molecule has 0 saturated carbocycles. The molecule has 0 unspecified atom stereocenters. The number of benzene rings is 2. The van der Waals surface area contributed by atoms with Gasteiger partial charge in [0.1, 0.15) is 11.5 Å². The SMILES string of the molecule is N#Cc1cccc(-c2cc(O)cc(OC(F)(F)F)c2)c1. The molecule has 0 aliphatic carbocycles. The smallest absolute Gasteiger partial charge is 0.508 e. The summed E-state index contributed by atoms with van der Waals surface area (Å²) in [7, 11) is 0. The molecular formula is C14H8F3NO2. The van der Waals surface area contributed by atoms with E-state index >= 15 is 0 Å². The number of rotatable bonds is 2. The minimum absolute atomic E-state index is 0.321. The number of phenols is 1. The molecule has 0 bridgehead atoms. The van der Waals surface area contributed by atoms with Crippen molar-refractivity contribution in [2.45, 2.75) is 6.36 Å². The Labute approximate surface area is 112 Å². The van der Waals surface area contributed by atoms with Crippen LogP contribution in [0.1, 0.15) is 5.56 Å². The molecule has 102 valence electrons. The third-order valence-corrected chi connectivity index (χ3v) is 2.45. The second-order valence-corrected chi connectivity index (χ2v) is 3.96. The lowest BCUT2D eigenvalue weighted by molar-refractivity contribution is -0.274. The average molecular weight is 279 g/mol. The highest BCUT2D eigenvalue weighted by Gasteiger charge is 2.31. The summed E-state index contributed by atoms with van der Waals surface area (Å²) in [6.45, 7) is 0. The minimum atomic E-state index is -4.83. The Bertz CT molecular complexity index is 675. The number of nitriles is 1. The average Bonchev–Trinajstić information content (AvgIpc) is 2.36. The highest BCUT2D eigenvalue weighted by Crippen LogP contribution is 2.32. The Kier molecular flexibility index (Phi) is 3.53. The Morgan fingerprint density at radius 1 is 1.05 bits per heavy atom. The van der Waals surface area contributed by atoms with Gasteiger partial charge >= 0.3 is 6.36 Å². The fourth-order valence-corrected chi connectivity index (χ4v) is 1.71. The van der Waals surface area contributed by atoms with Crippen LogP contribution < -0.4 is 4.74 Å². The molecule has 0 aromatic heterocycles. The molecule has 20 heavy (non-hydrogen) atoms. The maximum Gasteiger partial charge on any atom is 0.573 e. The van der Waals surface area contributed by atoms with Gasteiger partial charge in [-0.05, 0) is 35.4 Å². The first-order valence-corrected chi connectivity index (χ1v) is 5.48. The molecule has 0 fully saturated rings. The van der Waals surface area contributed by atoms with Crippen molar-refractivity contribution in [3.8, 4) is 28.7 Å². The number of aromatic hydroxyl groups is 1. The fraction of sp³-hybridized carbons (Fsp3) is 0.0714. The van der Waals surface area contributed by atoms with Crippen LogP contribution in [0.25, 0.3) is 11.1 Å². The van der Waals surface area contributed by atoms with E-state index in [1.807, 2.05) is 6.07 Å². The lowest BCUT2D eigenvalue weighted by Gasteiger charge is -2.11. The van der Waals surface area contributed by atoms with E-state index in [9.17, 15) is 18.3 Å². The summed E-state index contributed by atoms with van der Waals surface area (Å²) in [6.07, 6.45) is -4.83. The monoisotopic (exact) mass is 279 g/mol. The number of halogens is 3. The largest absolute Gasteiger partial charge is 0.573 e. The lowest BCUT2D eigenvalue weighted by atomic mass is 10.0. The lowest BCUT2D eigenvalue weighted by Crippen LogP contribution is -2.17. The van der Waals surface area contributed by atoms with Gasteiger partial charge < -0.3 is 9.84 Å². The summed E-state index contributed by atoms with van der Waals surface area (Å²) in [5, 5.41) is 18.3. The van der Waals surface area contributed by atoms with E-state index in [0.29, 0.717) is 16.7 Å². The van der Waals surface area contributed by atoms with Gasteiger partial charge in [-0.1, -0.05) is 12.1 Å². The second kappa shape index (κ2) is 5.13. The third kappa shape index (κ3) is 3.42. The van der Waals surface area contributed by atoms with E-state index in [0.717, 1.165) is 12.1 Å². The van der Waals surface area contributed by atoms with Gasteiger partial charge in [0.15, 0.2) is 0 Å². The van der Waals surface area contributed by atoms with Crippen LogP contribution in [0.15, 0.2) is 42.5 Å². The van der Waals surface area contributed by atoms with Crippen molar-refractivity contribution in [3.63, 3.8) is 0 Å². The van der Waals surface area contributed by atoms with Crippen LogP contribution >= 0.6 is 0 Å². The molecule has 6 heteroatoms. The summed E-state index contributed by atoms with van der Waals surface area (Å²) in [4.78, 5) is 0. The van der Waals surface area contributed by atoms with Gasteiger partial charge in [-0.25, -0.2) is 0 Å². The van der Waals surface area contributed by atoms with Gasteiger partial charge in [-0.3, -0.25) is 0 Å². The summed E-state index contributed by atoms with van der Waals surface area (Å²) in [6, 6.07) is 11.5. The van der Waals surface area contributed by atoms with E-state index in [1.54, 1.807) is 18.2 Å². The summed E-state index contributed by atoms with van der Waals surface area (Å²) < 4.78 is 40.3. The Morgan fingerprint density at radius 3 is 2.45 bits per heavy atom. The molecule has 2 aromatic carbocycles. The zero-order chi connectivity index (χ0) is 14.8. The first kappa shape index (κ1) is 13.7. The second-order valence-electron chi connectivity index (χ2n) is 3.96. The quantitative estimate of drug-likeness (QED) is 0.908. The third-order valence-electron chi connectivity index (χ3n) is 2.45. The normalized spacial score (nSPS) is 10.9. The molecule has 0 spiro atoms. The maximum absolute atomic E-state index is 12.2. The van der Waals surface area contributed by atoms with Crippen LogP contribution in [0, 0.1) is 11.3 Å². The van der Waals surface area contributed by atoms with Crippen LogP contribution in [0.2, 0.25) is 0 Å². The van der Waals surface area contributed by atoms with Crippen LogP contribution in [0.3, 0.4) is 0 Å². The van der Waals surface area contributed by atoms with Crippen molar-refractivity contribution in [1.29, 1.82) is 5.26 Å². The van der Waals surface area contributed by atoms with E-state index < -0.39 is 12.1 Å². The highest BCUT2D eigenvalue weighted by molar-refractivity contribution is 5.68. The van der Waals surface area contributed by atoms with Gasteiger partial charge in [0.25, 0.3) is 0 Å². The van der Waals surface area contributed by atoms with E-state index in [4.69, 9.17) is 5.26 Å². The first-order chi connectivity index (χ1) is 9.37. The van der Waals surface area contributed by atoms with Crippen LogP contribution in [-0.2, 0) is 0 Å². The Hall–Kier alpha value is -2.68. The van der Waals surface area contributed by atoms with Crippen LogP contribution in [-0.4, -0.2) is 11.5 Å². The van der Waals surface area contributed by atoms with Gasteiger partial charge in [0.2, 0.25) is 0 Å². The van der Waals surface area contributed by atoms with Crippen LogP contribution in [0.5, 0.6) is 11.5 Å². The molecule has 0 saturated heterocycles. The molecule has 0 aliphatic rings. The van der Waals surface area contributed by atoms with Crippen molar-refractivity contribution in [2.24, 2.45) is 0 Å². The van der Waals surface area contributed by atoms with E-state index in [2.05, 4.69) is 4.74 Å². The Morgan fingerprint density at radius 2 is 1.80 bits per heavy atom. The predicted molar refractivity (Wildman–Crippen MR) is 64.9 cm³/mol. The van der Waals surface area contributed by atoms with Gasteiger partial charge in [-0.15, -0.1) is 13.2 Å². The molecule has 1 N–H and O–H groups in total. The molecule has 0 radical (unpaired) electrons. The number of alkyl halides is 3. The maximum atomic E-state index is 12.2. The molecule has 0 heterocycles. The molecule has 0 amide bonds. The van der Waals surface area contributed by atoms with E-state index in [-0.39, 0.29) is 5.75 Å². The summed E-state index contributed by atoms with van der Waals surface area (Å²) in [5.74, 6) is -0.876. The zero-order valence-electron chi connectivity index (χ0n) is 9.98. The summed E-state index contributed by atoms with van der Waals surface area (Å²) >= 11 is 0. The van der Waals surface area contributed by atoms with Gasteiger partial charge in [-0.2, -0.15) is 5.26 Å². The zero-order valence-corrected chi connectivity index (χ0v) is 9.98. The molecular weight excluding hydrogens is 271 g/mol. The molecule has 2 aromatic rings. The first-order valence-electron chi connectivity index (χ1n) is 5.48. The number of phenolic OH excluding ortho intramolecular Hbond substituents is 1. The molecule has 0 atom stereocenters. The topological polar surface area (TPSA) is 53.2 Å². The van der Waals surface area contributed by atoms with Crippen molar-refractivity contribution in [3.05, 3.63) is 48.0 Å². The van der Waals surface area contributed by atoms with Gasteiger partial charge in [0.05, 0.1) is 11.6 Å². The van der Waals surface area contributed by atoms with Crippen molar-refractivity contribution in [2.75, 3.05) is 0 Å². The van der Waals surface area contributed by atoms with Crippen LogP contribution in [0.4, 0.5) is 13.2 Å². The van der Waals surface area contributed by atoms with Crippen molar-refractivity contribution >= 4 is 0 Å². The van der Waals surface area contributed by atoms with Crippen molar-refractivity contribution < 1.29 is 23.0 Å². The summed E-state index contributed by atoms with van der Waals surface area (Å²) in [5.41, 5.74) is 1.19. The molecule has 2 rings (SSSR count). The predicted octanol–water partition coefficient (Wildman–Crippen LogP) is 3.83. The number of nitrogens with zero attached hydrogens (tertiary/aromatic N) is 1. The standard InChI is InChI=1S/C14H8F3NO2/c15-14(16,17)20-13-6-11(5-12(19)7-13)10-3-1-2-9(4-10)8-18/h1-7,19H. The Balaban J connectivity index is 2.44. The van der Waals surface area contributed by atoms with Gasteiger partial charge in [0, 0.05) is 6.07 Å². The van der Waals surface area contributed by atoms with E-state index in [1.165, 1.54) is 12.1 Å². The molecule has 0 aliphatic heterocycles. The van der Waals surface area contributed by atoms with Crippen molar-refractivity contribution in [1.82, 2.24) is 0 Å². The minimum Gasteiger partial charge on any atom is -0.508 e.